The number of thioether (sulfide) groups is 1. The standard InChI is InChI=1S/C7H17O4PS/c1-5-10-12(8,11-6-2)7(9-3)13-4/h7H,5-6H2,1-4H3. The van der Waals surface area contributed by atoms with Crippen molar-refractivity contribution >= 4 is 19.4 Å². The van der Waals surface area contributed by atoms with Crippen LogP contribution in [0.4, 0.5) is 0 Å². The van der Waals surface area contributed by atoms with Crippen LogP contribution < -0.4 is 0 Å². The molecule has 6 heteroatoms. The number of hydrogen-bond acceptors (Lipinski definition) is 5. The minimum atomic E-state index is -3.09. The smallest absolute Gasteiger partial charge is 0.359 e. The zero-order valence-corrected chi connectivity index (χ0v) is 10.2. The van der Waals surface area contributed by atoms with Crippen molar-refractivity contribution in [3.63, 3.8) is 0 Å². The average Bonchev–Trinajstić information content (AvgIpc) is 2.07. The van der Waals surface area contributed by atoms with Crippen molar-refractivity contribution in [3.05, 3.63) is 0 Å². The molecule has 0 saturated carbocycles. The SMILES string of the molecule is CCOP(=O)(OCC)C(OC)SC. The molecule has 0 spiro atoms. The van der Waals surface area contributed by atoms with Crippen LogP contribution in [0.1, 0.15) is 13.8 Å². The highest BCUT2D eigenvalue weighted by Gasteiger charge is 2.35. The summed E-state index contributed by atoms with van der Waals surface area (Å²) in [5, 5.41) is -0.535. The topological polar surface area (TPSA) is 44.8 Å². The first-order valence-corrected chi connectivity index (χ1v) is 6.99. The second-order valence-electron chi connectivity index (χ2n) is 2.15. The Morgan fingerprint density at radius 3 is 2.00 bits per heavy atom. The number of hydrogen-bond donors (Lipinski definition) is 0. The fraction of sp³-hybridized carbons (Fsp3) is 1.00. The van der Waals surface area contributed by atoms with Crippen molar-refractivity contribution in [1.82, 2.24) is 0 Å². The molecule has 0 aliphatic carbocycles. The molecule has 13 heavy (non-hydrogen) atoms. The molecule has 0 aliphatic rings. The van der Waals surface area contributed by atoms with Gasteiger partial charge in [-0.25, -0.2) is 0 Å². The molecule has 0 rings (SSSR count). The van der Waals surface area contributed by atoms with Gasteiger partial charge in [0.2, 0.25) is 5.18 Å². The normalized spacial score (nSPS) is 14.5. The molecule has 4 nitrogen and oxygen atoms in total. The summed E-state index contributed by atoms with van der Waals surface area (Å²) in [6.07, 6.45) is 1.80. The molecule has 0 fully saturated rings. The maximum Gasteiger partial charge on any atom is 0.369 e. The van der Waals surface area contributed by atoms with E-state index < -0.39 is 12.8 Å². The van der Waals surface area contributed by atoms with E-state index in [9.17, 15) is 4.57 Å². The molecule has 0 aliphatic heterocycles. The van der Waals surface area contributed by atoms with E-state index in [0.717, 1.165) is 0 Å². The summed E-state index contributed by atoms with van der Waals surface area (Å²) in [6, 6.07) is 0. The maximum absolute atomic E-state index is 12.0. The number of rotatable bonds is 7. The van der Waals surface area contributed by atoms with Crippen LogP contribution >= 0.6 is 19.4 Å². The molecular weight excluding hydrogens is 211 g/mol. The number of ether oxygens (including phenoxy) is 1. The van der Waals surface area contributed by atoms with Crippen molar-refractivity contribution in [1.29, 1.82) is 0 Å². The monoisotopic (exact) mass is 228 g/mol. The zero-order valence-electron chi connectivity index (χ0n) is 8.48. The van der Waals surface area contributed by atoms with Gasteiger partial charge in [-0.05, 0) is 20.1 Å². The van der Waals surface area contributed by atoms with Gasteiger partial charge < -0.3 is 13.8 Å². The van der Waals surface area contributed by atoms with E-state index in [2.05, 4.69) is 0 Å². The predicted molar refractivity (Wildman–Crippen MR) is 55.2 cm³/mol. The third-order valence-corrected chi connectivity index (χ3v) is 5.25. The fourth-order valence-electron chi connectivity index (χ4n) is 0.873. The van der Waals surface area contributed by atoms with Crippen LogP contribution in [0, 0.1) is 0 Å². The van der Waals surface area contributed by atoms with Crippen LogP contribution in [0.25, 0.3) is 0 Å². The van der Waals surface area contributed by atoms with Gasteiger partial charge in [-0.15, -0.1) is 11.8 Å². The van der Waals surface area contributed by atoms with Crippen molar-refractivity contribution in [2.45, 2.75) is 19.0 Å². The predicted octanol–water partition coefficient (Wildman–Crippen LogP) is 2.55. The third-order valence-electron chi connectivity index (χ3n) is 1.28. The van der Waals surface area contributed by atoms with E-state index in [1.807, 2.05) is 0 Å². The van der Waals surface area contributed by atoms with Crippen LogP contribution in [-0.2, 0) is 18.3 Å². The summed E-state index contributed by atoms with van der Waals surface area (Å²) in [5.74, 6) is 0. The summed E-state index contributed by atoms with van der Waals surface area (Å²) in [5.41, 5.74) is 0. The quantitative estimate of drug-likeness (QED) is 0.495. The van der Waals surface area contributed by atoms with Gasteiger partial charge in [-0.2, -0.15) is 0 Å². The lowest BCUT2D eigenvalue weighted by Crippen LogP contribution is -2.11. The first-order chi connectivity index (χ1) is 6.14. The van der Waals surface area contributed by atoms with E-state index in [4.69, 9.17) is 13.8 Å². The van der Waals surface area contributed by atoms with Crippen LogP contribution in [-0.4, -0.2) is 31.8 Å². The Hall–Kier alpha value is 0.460. The minimum Gasteiger partial charge on any atom is -0.359 e. The molecule has 1 atom stereocenters. The molecule has 0 bridgehead atoms. The molecule has 0 N–H and O–H groups in total. The highest BCUT2D eigenvalue weighted by molar-refractivity contribution is 8.04. The minimum absolute atomic E-state index is 0.359. The molecule has 0 radical (unpaired) electrons. The Labute approximate surface area is 83.9 Å². The Morgan fingerprint density at radius 1 is 1.31 bits per heavy atom. The van der Waals surface area contributed by atoms with Gasteiger partial charge in [0.15, 0.2) is 0 Å². The first-order valence-electron chi connectivity index (χ1n) is 4.09. The van der Waals surface area contributed by atoms with Crippen molar-refractivity contribution in [2.24, 2.45) is 0 Å². The Bertz CT molecular complexity index is 162. The van der Waals surface area contributed by atoms with Gasteiger partial charge in [0.1, 0.15) is 0 Å². The highest BCUT2D eigenvalue weighted by Crippen LogP contribution is 2.56. The molecule has 0 aromatic rings. The van der Waals surface area contributed by atoms with E-state index in [1.54, 1.807) is 20.1 Å². The van der Waals surface area contributed by atoms with Gasteiger partial charge in [-0.1, -0.05) is 0 Å². The number of methoxy groups -OCH3 is 1. The lowest BCUT2D eigenvalue weighted by atomic mass is 10.9. The van der Waals surface area contributed by atoms with Gasteiger partial charge in [0.25, 0.3) is 0 Å². The molecule has 0 amide bonds. The highest BCUT2D eigenvalue weighted by atomic mass is 32.2. The van der Waals surface area contributed by atoms with E-state index in [0.29, 0.717) is 13.2 Å². The van der Waals surface area contributed by atoms with E-state index in [1.165, 1.54) is 18.9 Å². The Balaban J connectivity index is 4.44. The van der Waals surface area contributed by atoms with Crippen LogP contribution in [0.5, 0.6) is 0 Å². The van der Waals surface area contributed by atoms with E-state index >= 15 is 0 Å². The van der Waals surface area contributed by atoms with Crippen molar-refractivity contribution in [2.75, 3.05) is 26.6 Å². The van der Waals surface area contributed by atoms with Crippen molar-refractivity contribution < 1.29 is 18.3 Å². The van der Waals surface area contributed by atoms with E-state index in [-0.39, 0.29) is 0 Å². The fourth-order valence-corrected chi connectivity index (χ4v) is 3.76. The molecule has 0 heterocycles. The molecule has 80 valence electrons. The summed E-state index contributed by atoms with van der Waals surface area (Å²) in [7, 11) is -1.60. The lowest BCUT2D eigenvalue weighted by molar-refractivity contribution is 0.152. The van der Waals surface area contributed by atoms with Gasteiger partial charge in [-0.3, -0.25) is 4.57 Å². The Morgan fingerprint density at radius 2 is 1.77 bits per heavy atom. The maximum atomic E-state index is 12.0. The summed E-state index contributed by atoms with van der Waals surface area (Å²) in [6.45, 7) is 4.27. The third kappa shape index (κ3) is 4.00. The molecule has 0 saturated heterocycles. The first kappa shape index (κ1) is 13.5. The summed E-state index contributed by atoms with van der Waals surface area (Å²) >= 11 is 1.32. The van der Waals surface area contributed by atoms with Gasteiger partial charge in [0.05, 0.1) is 13.2 Å². The molecule has 0 aromatic carbocycles. The lowest BCUT2D eigenvalue weighted by Gasteiger charge is -2.23. The van der Waals surface area contributed by atoms with Crippen LogP contribution in [0.3, 0.4) is 0 Å². The molecule has 0 aromatic heterocycles. The van der Waals surface area contributed by atoms with Crippen LogP contribution in [0.2, 0.25) is 0 Å². The average molecular weight is 228 g/mol. The van der Waals surface area contributed by atoms with Crippen molar-refractivity contribution in [3.8, 4) is 0 Å². The summed E-state index contributed by atoms with van der Waals surface area (Å²) in [4.78, 5) is 0. The van der Waals surface area contributed by atoms with Gasteiger partial charge in [0, 0.05) is 7.11 Å². The largest absolute Gasteiger partial charge is 0.369 e. The van der Waals surface area contributed by atoms with Gasteiger partial charge >= 0.3 is 7.60 Å². The summed E-state index contributed by atoms with van der Waals surface area (Å²) < 4.78 is 27.2. The van der Waals surface area contributed by atoms with Crippen LogP contribution in [0.15, 0.2) is 0 Å². The second-order valence-corrected chi connectivity index (χ2v) is 5.47. The zero-order chi connectivity index (χ0) is 10.3. The second kappa shape index (κ2) is 6.85. The molecule has 1 unspecified atom stereocenters. The Kier molecular flexibility index (Phi) is 7.09. The molecular formula is C7H17O4PS.